The number of hydrogen-bond donors (Lipinski definition) is 2. The Hall–Kier alpha value is -1.74. The summed E-state index contributed by atoms with van der Waals surface area (Å²) in [7, 11) is 0. The van der Waals surface area contributed by atoms with Gasteiger partial charge in [0.2, 0.25) is 0 Å². The molecule has 1 unspecified atom stereocenters. The average molecular weight is 399 g/mol. The van der Waals surface area contributed by atoms with Gasteiger partial charge in [-0.3, -0.25) is 10.1 Å². The number of anilines is 1. The van der Waals surface area contributed by atoms with Crippen molar-refractivity contribution >= 4 is 46.1 Å². The molecule has 2 aliphatic heterocycles. The summed E-state index contributed by atoms with van der Waals surface area (Å²) in [5.41, 5.74) is 1.44. The summed E-state index contributed by atoms with van der Waals surface area (Å²) in [5, 5.41) is 12.5. The van der Waals surface area contributed by atoms with Gasteiger partial charge in [-0.15, -0.1) is 11.3 Å². The maximum Gasteiger partial charge on any atom is 0.341 e. The van der Waals surface area contributed by atoms with Crippen LogP contribution >= 0.6 is 23.1 Å². The standard InChI is InChI=1S/C17H22N2O5S2/c1-2-24-16(22)13-11-5-7-25-9-12(11)26-14(13)18-17(23)19-6-3-4-10(8-19)15(20)21/h10H,2-9H2,1H3,(H,18,23)(H,20,21). The molecule has 7 nitrogen and oxygen atoms in total. The van der Waals surface area contributed by atoms with Gasteiger partial charge in [0.1, 0.15) is 5.00 Å². The Morgan fingerprint density at radius 1 is 1.38 bits per heavy atom. The number of nitrogens with zero attached hydrogens (tertiary/aromatic N) is 1. The minimum Gasteiger partial charge on any atom is -0.481 e. The Labute approximate surface area is 160 Å². The van der Waals surface area contributed by atoms with Crippen LogP contribution in [0.15, 0.2) is 0 Å². The van der Waals surface area contributed by atoms with Crippen molar-refractivity contribution in [3.63, 3.8) is 0 Å². The number of rotatable bonds is 4. The Morgan fingerprint density at radius 2 is 2.19 bits per heavy atom. The van der Waals surface area contributed by atoms with Crippen molar-refractivity contribution in [1.82, 2.24) is 4.90 Å². The summed E-state index contributed by atoms with van der Waals surface area (Å²) in [6.07, 6.45) is 2.02. The molecule has 0 saturated carbocycles. The summed E-state index contributed by atoms with van der Waals surface area (Å²) in [6.45, 7) is 2.74. The van der Waals surface area contributed by atoms with Crippen LogP contribution in [0.1, 0.15) is 40.6 Å². The lowest BCUT2D eigenvalue weighted by Crippen LogP contribution is -2.44. The number of piperidine rings is 1. The van der Waals surface area contributed by atoms with Gasteiger partial charge in [-0.2, -0.15) is 11.8 Å². The molecule has 9 heteroatoms. The fourth-order valence-corrected chi connectivity index (χ4v) is 5.64. The van der Waals surface area contributed by atoms with Crippen LogP contribution in [0, 0.1) is 5.92 Å². The maximum atomic E-state index is 12.7. The van der Waals surface area contributed by atoms with Crippen molar-refractivity contribution in [3.05, 3.63) is 16.0 Å². The van der Waals surface area contributed by atoms with Gasteiger partial charge in [-0.05, 0) is 37.5 Å². The van der Waals surface area contributed by atoms with Crippen molar-refractivity contribution in [2.75, 3.05) is 30.8 Å². The second-order valence-electron chi connectivity index (χ2n) is 6.28. The minimum atomic E-state index is -0.877. The average Bonchev–Trinajstić information content (AvgIpc) is 2.99. The number of likely N-dealkylation sites (tertiary alicyclic amines) is 1. The van der Waals surface area contributed by atoms with Crippen LogP contribution in [0.5, 0.6) is 0 Å². The quantitative estimate of drug-likeness (QED) is 0.757. The third-order valence-electron chi connectivity index (χ3n) is 4.58. The zero-order valence-corrected chi connectivity index (χ0v) is 16.2. The van der Waals surface area contributed by atoms with E-state index in [1.807, 2.05) is 0 Å². The first-order valence-corrected chi connectivity index (χ1v) is 10.7. The van der Waals surface area contributed by atoms with Gasteiger partial charge >= 0.3 is 18.0 Å². The molecule has 0 aliphatic carbocycles. The highest BCUT2D eigenvalue weighted by molar-refractivity contribution is 7.98. The van der Waals surface area contributed by atoms with E-state index in [2.05, 4.69) is 5.32 Å². The van der Waals surface area contributed by atoms with Crippen LogP contribution in [0.25, 0.3) is 0 Å². The van der Waals surface area contributed by atoms with Crippen molar-refractivity contribution < 1.29 is 24.2 Å². The van der Waals surface area contributed by atoms with Crippen LogP contribution in [-0.4, -0.2) is 53.4 Å². The van der Waals surface area contributed by atoms with Crippen LogP contribution in [-0.2, 0) is 21.7 Å². The second kappa shape index (κ2) is 8.30. The van der Waals surface area contributed by atoms with Crippen LogP contribution < -0.4 is 5.32 Å². The highest BCUT2D eigenvalue weighted by Crippen LogP contribution is 2.40. The minimum absolute atomic E-state index is 0.191. The highest BCUT2D eigenvalue weighted by Gasteiger charge is 2.31. The number of carbonyl (C=O) groups is 3. The first-order chi connectivity index (χ1) is 12.5. The molecular weight excluding hydrogens is 376 g/mol. The summed E-state index contributed by atoms with van der Waals surface area (Å²) >= 11 is 3.22. The van der Waals surface area contributed by atoms with E-state index >= 15 is 0 Å². The molecule has 1 fully saturated rings. The number of aliphatic carboxylic acids is 1. The number of nitrogens with one attached hydrogen (secondary N) is 1. The van der Waals surface area contributed by atoms with E-state index in [1.165, 1.54) is 16.2 Å². The van der Waals surface area contributed by atoms with E-state index in [-0.39, 0.29) is 19.2 Å². The number of carbonyl (C=O) groups excluding carboxylic acids is 2. The molecule has 1 aromatic heterocycles. The van der Waals surface area contributed by atoms with Crippen molar-refractivity contribution in [3.8, 4) is 0 Å². The lowest BCUT2D eigenvalue weighted by molar-refractivity contribution is -0.143. The number of carboxylic acids is 1. The molecule has 2 amide bonds. The first kappa shape index (κ1) is 19.0. The maximum absolute atomic E-state index is 12.7. The number of thiophene rings is 1. The van der Waals surface area contributed by atoms with Gasteiger partial charge in [0.15, 0.2) is 0 Å². The van der Waals surface area contributed by atoms with Gasteiger partial charge in [0.25, 0.3) is 0 Å². The molecule has 0 aromatic carbocycles. The molecule has 2 aliphatic rings. The number of fused-ring (bicyclic) bond motifs is 1. The van der Waals surface area contributed by atoms with Gasteiger partial charge in [-0.25, -0.2) is 9.59 Å². The number of hydrogen-bond acceptors (Lipinski definition) is 6. The molecule has 3 rings (SSSR count). The first-order valence-electron chi connectivity index (χ1n) is 8.69. The normalized spacial score (nSPS) is 19.6. The van der Waals surface area contributed by atoms with Gasteiger partial charge < -0.3 is 14.7 Å². The monoisotopic (exact) mass is 398 g/mol. The highest BCUT2D eigenvalue weighted by atomic mass is 32.2. The summed E-state index contributed by atoms with van der Waals surface area (Å²) in [4.78, 5) is 38.9. The van der Waals surface area contributed by atoms with E-state index in [0.717, 1.165) is 28.4 Å². The number of thioether (sulfide) groups is 1. The van der Waals surface area contributed by atoms with Crippen LogP contribution in [0.4, 0.5) is 9.80 Å². The van der Waals surface area contributed by atoms with E-state index in [0.29, 0.717) is 30.0 Å². The van der Waals surface area contributed by atoms with Crippen molar-refractivity contribution in [2.24, 2.45) is 5.92 Å². The Kier molecular flexibility index (Phi) is 6.08. The molecule has 3 heterocycles. The van der Waals surface area contributed by atoms with Gasteiger partial charge in [-0.1, -0.05) is 0 Å². The van der Waals surface area contributed by atoms with E-state index in [1.54, 1.807) is 18.7 Å². The molecular formula is C17H22N2O5S2. The zero-order valence-electron chi connectivity index (χ0n) is 14.6. The van der Waals surface area contributed by atoms with Crippen molar-refractivity contribution in [1.29, 1.82) is 0 Å². The Bertz CT molecular complexity index is 718. The molecule has 2 N–H and O–H groups in total. The zero-order chi connectivity index (χ0) is 18.7. The van der Waals surface area contributed by atoms with Crippen molar-refractivity contribution in [2.45, 2.75) is 31.9 Å². The summed E-state index contributed by atoms with van der Waals surface area (Å²) in [6, 6.07) is -0.354. The van der Waals surface area contributed by atoms with E-state index in [4.69, 9.17) is 4.74 Å². The predicted molar refractivity (Wildman–Crippen MR) is 101 cm³/mol. The fraction of sp³-hybridized carbons (Fsp3) is 0.588. The smallest absolute Gasteiger partial charge is 0.341 e. The number of ether oxygens (including phenoxy) is 1. The summed E-state index contributed by atoms with van der Waals surface area (Å²) in [5.74, 6) is -0.0530. The predicted octanol–water partition coefficient (Wildman–Crippen LogP) is 3.04. The van der Waals surface area contributed by atoms with E-state index < -0.39 is 17.9 Å². The number of amides is 2. The number of carboxylic acid groups (broad SMARTS) is 1. The van der Waals surface area contributed by atoms with Gasteiger partial charge in [0.05, 0.1) is 18.1 Å². The molecule has 26 heavy (non-hydrogen) atoms. The molecule has 0 bridgehead atoms. The summed E-state index contributed by atoms with van der Waals surface area (Å²) < 4.78 is 5.19. The Balaban J connectivity index is 1.80. The number of urea groups is 1. The molecule has 1 saturated heterocycles. The second-order valence-corrected chi connectivity index (χ2v) is 8.49. The van der Waals surface area contributed by atoms with E-state index in [9.17, 15) is 19.5 Å². The third-order valence-corrected chi connectivity index (χ3v) is 6.89. The number of esters is 1. The third kappa shape index (κ3) is 3.98. The molecule has 0 radical (unpaired) electrons. The van der Waals surface area contributed by atoms with Crippen LogP contribution in [0.2, 0.25) is 0 Å². The van der Waals surface area contributed by atoms with Crippen LogP contribution in [0.3, 0.4) is 0 Å². The molecule has 1 aromatic rings. The topological polar surface area (TPSA) is 95.9 Å². The molecule has 142 valence electrons. The SMILES string of the molecule is CCOC(=O)c1c(NC(=O)N2CCCC(C(=O)O)C2)sc2c1CCSC2. The fourth-order valence-electron chi connectivity index (χ4n) is 3.28. The molecule has 0 spiro atoms. The lowest BCUT2D eigenvalue weighted by atomic mass is 9.99. The molecule has 1 atom stereocenters. The van der Waals surface area contributed by atoms with Gasteiger partial charge in [0, 0.05) is 23.7 Å². The largest absolute Gasteiger partial charge is 0.481 e. The Morgan fingerprint density at radius 3 is 2.92 bits per heavy atom. The lowest BCUT2D eigenvalue weighted by Gasteiger charge is -2.30.